The third kappa shape index (κ3) is 2.93. The summed E-state index contributed by atoms with van der Waals surface area (Å²) in [7, 11) is -3.38. The Kier molecular flexibility index (Phi) is 4.11. The molecule has 0 bridgehead atoms. The number of aryl methyl sites for hydroxylation is 1. The number of benzene rings is 1. The SMILES string of the molecule is Cc1cc(Br)cc(S(=O)(=O)N2CCC(N)CC2)c1. The van der Waals surface area contributed by atoms with E-state index in [9.17, 15) is 8.42 Å². The molecule has 0 saturated carbocycles. The van der Waals surface area contributed by atoms with Gasteiger partial charge < -0.3 is 5.73 Å². The highest BCUT2D eigenvalue weighted by molar-refractivity contribution is 9.10. The fourth-order valence-electron chi connectivity index (χ4n) is 2.12. The summed E-state index contributed by atoms with van der Waals surface area (Å²) in [4.78, 5) is 0.352. The van der Waals surface area contributed by atoms with Gasteiger partial charge in [0.25, 0.3) is 0 Å². The van der Waals surface area contributed by atoms with Crippen molar-refractivity contribution in [3.05, 3.63) is 28.2 Å². The maximum absolute atomic E-state index is 12.5. The minimum atomic E-state index is -3.38. The Morgan fingerprint density at radius 1 is 1.28 bits per heavy atom. The van der Waals surface area contributed by atoms with Crippen LogP contribution in [-0.4, -0.2) is 31.9 Å². The van der Waals surface area contributed by atoms with Gasteiger partial charge in [-0.25, -0.2) is 8.42 Å². The van der Waals surface area contributed by atoms with Crippen molar-refractivity contribution in [2.24, 2.45) is 5.73 Å². The highest BCUT2D eigenvalue weighted by Gasteiger charge is 2.28. The van der Waals surface area contributed by atoms with E-state index in [1.807, 2.05) is 13.0 Å². The largest absolute Gasteiger partial charge is 0.328 e. The number of halogens is 1. The van der Waals surface area contributed by atoms with E-state index in [0.29, 0.717) is 18.0 Å². The van der Waals surface area contributed by atoms with Crippen molar-refractivity contribution < 1.29 is 8.42 Å². The minimum Gasteiger partial charge on any atom is -0.328 e. The van der Waals surface area contributed by atoms with Gasteiger partial charge in [0.15, 0.2) is 0 Å². The third-order valence-corrected chi connectivity index (χ3v) is 5.49. The summed E-state index contributed by atoms with van der Waals surface area (Å²) in [6.45, 7) is 2.90. The molecule has 0 radical (unpaired) electrons. The quantitative estimate of drug-likeness (QED) is 0.899. The van der Waals surface area contributed by atoms with Crippen molar-refractivity contribution in [3.63, 3.8) is 0 Å². The lowest BCUT2D eigenvalue weighted by molar-refractivity contribution is 0.320. The summed E-state index contributed by atoms with van der Waals surface area (Å²) in [5.41, 5.74) is 6.73. The molecule has 1 aliphatic rings. The summed E-state index contributed by atoms with van der Waals surface area (Å²) < 4.78 is 27.2. The van der Waals surface area contributed by atoms with Crippen molar-refractivity contribution in [1.82, 2.24) is 4.31 Å². The highest BCUT2D eigenvalue weighted by atomic mass is 79.9. The number of piperidine rings is 1. The van der Waals surface area contributed by atoms with Gasteiger partial charge in [-0.15, -0.1) is 0 Å². The summed E-state index contributed by atoms with van der Waals surface area (Å²) in [6, 6.07) is 5.37. The smallest absolute Gasteiger partial charge is 0.243 e. The molecule has 1 aromatic carbocycles. The number of hydrogen-bond acceptors (Lipinski definition) is 3. The molecule has 1 aromatic rings. The van der Waals surface area contributed by atoms with E-state index >= 15 is 0 Å². The Labute approximate surface area is 116 Å². The molecule has 1 fully saturated rings. The van der Waals surface area contributed by atoms with Crippen LogP contribution in [0, 0.1) is 6.92 Å². The van der Waals surface area contributed by atoms with Crippen LogP contribution in [0.4, 0.5) is 0 Å². The van der Waals surface area contributed by atoms with E-state index in [2.05, 4.69) is 15.9 Å². The van der Waals surface area contributed by atoms with Crippen molar-refractivity contribution >= 4 is 26.0 Å². The van der Waals surface area contributed by atoms with Gasteiger partial charge in [-0.05, 0) is 43.5 Å². The Morgan fingerprint density at radius 3 is 2.44 bits per heavy atom. The molecule has 18 heavy (non-hydrogen) atoms. The predicted octanol–water partition coefficient (Wildman–Crippen LogP) is 1.87. The van der Waals surface area contributed by atoms with Gasteiger partial charge in [-0.1, -0.05) is 15.9 Å². The Hall–Kier alpha value is -0.430. The van der Waals surface area contributed by atoms with Crippen LogP contribution >= 0.6 is 15.9 Å². The fourth-order valence-corrected chi connectivity index (χ4v) is 4.48. The average Bonchev–Trinajstić information content (AvgIpc) is 2.28. The van der Waals surface area contributed by atoms with Crippen LogP contribution in [0.2, 0.25) is 0 Å². The van der Waals surface area contributed by atoms with Crippen LogP contribution in [0.3, 0.4) is 0 Å². The molecular weight excluding hydrogens is 316 g/mol. The first-order valence-electron chi connectivity index (χ1n) is 5.92. The minimum absolute atomic E-state index is 0.126. The molecule has 0 aromatic heterocycles. The summed E-state index contributed by atoms with van der Waals surface area (Å²) in [5, 5.41) is 0. The zero-order valence-electron chi connectivity index (χ0n) is 10.3. The topological polar surface area (TPSA) is 63.4 Å². The molecule has 0 spiro atoms. The van der Waals surface area contributed by atoms with Crippen molar-refractivity contribution in [2.75, 3.05) is 13.1 Å². The van der Waals surface area contributed by atoms with Crippen LogP contribution in [0.1, 0.15) is 18.4 Å². The number of rotatable bonds is 2. The van der Waals surface area contributed by atoms with E-state index in [1.54, 1.807) is 12.1 Å². The van der Waals surface area contributed by atoms with Crippen molar-refractivity contribution in [3.8, 4) is 0 Å². The van der Waals surface area contributed by atoms with Crippen LogP contribution < -0.4 is 5.73 Å². The molecule has 6 heteroatoms. The Bertz CT molecular complexity index is 517. The van der Waals surface area contributed by atoms with Crippen molar-refractivity contribution in [2.45, 2.75) is 30.7 Å². The van der Waals surface area contributed by atoms with Crippen LogP contribution in [0.15, 0.2) is 27.6 Å². The number of nitrogens with two attached hydrogens (primary N) is 1. The van der Waals surface area contributed by atoms with Gasteiger partial charge in [0.05, 0.1) is 4.90 Å². The fraction of sp³-hybridized carbons (Fsp3) is 0.500. The molecule has 1 saturated heterocycles. The maximum Gasteiger partial charge on any atom is 0.243 e. The molecule has 4 nitrogen and oxygen atoms in total. The summed E-state index contributed by atoms with van der Waals surface area (Å²) >= 11 is 3.34. The second-order valence-electron chi connectivity index (χ2n) is 4.71. The Balaban J connectivity index is 2.30. The molecule has 2 rings (SSSR count). The van der Waals surface area contributed by atoms with E-state index in [1.165, 1.54) is 4.31 Å². The van der Waals surface area contributed by atoms with E-state index in [0.717, 1.165) is 22.9 Å². The standard InChI is InChI=1S/C12H17BrN2O2S/c1-9-6-10(13)8-12(7-9)18(16,17)15-4-2-11(14)3-5-15/h6-8,11H,2-5,14H2,1H3. The van der Waals surface area contributed by atoms with Gasteiger partial charge in [-0.2, -0.15) is 4.31 Å². The lowest BCUT2D eigenvalue weighted by atomic mass is 10.1. The van der Waals surface area contributed by atoms with Gasteiger partial charge in [0.1, 0.15) is 0 Å². The van der Waals surface area contributed by atoms with Crippen molar-refractivity contribution in [1.29, 1.82) is 0 Å². The molecule has 100 valence electrons. The second-order valence-corrected chi connectivity index (χ2v) is 7.56. The molecule has 0 amide bonds. The van der Waals surface area contributed by atoms with Gasteiger partial charge in [0, 0.05) is 23.6 Å². The molecule has 0 unspecified atom stereocenters. The monoisotopic (exact) mass is 332 g/mol. The molecule has 0 aliphatic carbocycles. The molecule has 2 N–H and O–H groups in total. The van der Waals surface area contributed by atoms with E-state index in [4.69, 9.17) is 5.73 Å². The second kappa shape index (κ2) is 5.28. The van der Waals surface area contributed by atoms with Gasteiger partial charge >= 0.3 is 0 Å². The number of nitrogens with zero attached hydrogens (tertiary/aromatic N) is 1. The molecular formula is C12H17BrN2O2S. The van der Waals surface area contributed by atoms with Crippen LogP contribution in [0.25, 0.3) is 0 Å². The van der Waals surface area contributed by atoms with E-state index < -0.39 is 10.0 Å². The van der Waals surface area contributed by atoms with Crippen LogP contribution in [-0.2, 0) is 10.0 Å². The third-order valence-electron chi connectivity index (χ3n) is 3.15. The molecule has 1 heterocycles. The summed E-state index contributed by atoms with van der Waals surface area (Å²) in [6.07, 6.45) is 1.46. The average molecular weight is 333 g/mol. The molecule has 0 atom stereocenters. The van der Waals surface area contributed by atoms with Gasteiger partial charge in [-0.3, -0.25) is 0 Å². The first-order valence-corrected chi connectivity index (χ1v) is 8.16. The predicted molar refractivity (Wildman–Crippen MR) is 74.8 cm³/mol. The lowest BCUT2D eigenvalue weighted by Gasteiger charge is -2.29. The lowest BCUT2D eigenvalue weighted by Crippen LogP contribution is -2.42. The zero-order valence-corrected chi connectivity index (χ0v) is 12.7. The van der Waals surface area contributed by atoms with E-state index in [-0.39, 0.29) is 6.04 Å². The Morgan fingerprint density at radius 2 is 1.89 bits per heavy atom. The maximum atomic E-state index is 12.5. The highest BCUT2D eigenvalue weighted by Crippen LogP contribution is 2.24. The normalized spacial score (nSPS) is 19.1. The zero-order chi connectivity index (χ0) is 13.3. The first-order chi connectivity index (χ1) is 8.39. The first kappa shape index (κ1) is 14.0. The van der Waals surface area contributed by atoms with Gasteiger partial charge in [0.2, 0.25) is 10.0 Å². The van der Waals surface area contributed by atoms with Crippen LogP contribution in [0.5, 0.6) is 0 Å². The number of sulfonamides is 1. The summed E-state index contributed by atoms with van der Waals surface area (Å²) in [5.74, 6) is 0. The number of hydrogen-bond donors (Lipinski definition) is 1. The molecule has 1 aliphatic heterocycles.